The first-order chi connectivity index (χ1) is 11.2. The van der Waals surface area contributed by atoms with Crippen molar-refractivity contribution in [1.29, 1.82) is 0 Å². The lowest BCUT2D eigenvalue weighted by molar-refractivity contribution is 0.682. The fourth-order valence-electron chi connectivity index (χ4n) is 2.41. The van der Waals surface area contributed by atoms with E-state index in [-0.39, 0.29) is 0 Å². The van der Waals surface area contributed by atoms with Crippen LogP contribution in [0, 0.1) is 0 Å². The van der Waals surface area contributed by atoms with E-state index in [1.165, 1.54) is 17.7 Å². The number of benzene rings is 1. The normalized spacial score (nSPS) is 16.2. The van der Waals surface area contributed by atoms with Crippen LogP contribution in [0.15, 0.2) is 52.5 Å². The van der Waals surface area contributed by atoms with Gasteiger partial charge in [-0.05, 0) is 31.0 Å². The van der Waals surface area contributed by atoms with Crippen LogP contribution in [0.5, 0.6) is 0 Å². The molecule has 5 nitrogen and oxygen atoms in total. The van der Waals surface area contributed by atoms with Gasteiger partial charge in [0.25, 0.3) is 0 Å². The molecule has 1 aliphatic carbocycles. The number of nitrogens with zero attached hydrogens (tertiary/aromatic N) is 3. The highest BCUT2D eigenvalue weighted by molar-refractivity contribution is 8.01. The van der Waals surface area contributed by atoms with Gasteiger partial charge in [0, 0.05) is 36.5 Å². The first-order valence-corrected chi connectivity index (χ1v) is 8.68. The van der Waals surface area contributed by atoms with Gasteiger partial charge in [0.15, 0.2) is 5.96 Å². The predicted octanol–water partition coefficient (Wildman–Crippen LogP) is 2.41. The van der Waals surface area contributed by atoms with Gasteiger partial charge in [-0.15, -0.1) is 11.8 Å². The van der Waals surface area contributed by atoms with Gasteiger partial charge < -0.3 is 10.6 Å². The smallest absolute Gasteiger partial charge is 0.191 e. The first-order valence-electron chi connectivity index (χ1n) is 7.86. The van der Waals surface area contributed by atoms with E-state index in [0.29, 0.717) is 4.75 Å². The Morgan fingerprint density at radius 2 is 2.04 bits per heavy atom. The fraction of sp³-hybridized carbons (Fsp3) is 0.412. The number of thioether (sulfide) groups is 1. The molecule has 1 aliphatic rings. The Labute approximate surface area is 141 Å². The van der Waals surface area contributed by atoms with E-state index < -0.39 is 0 Å². The molecule has 23 heavy (non-hydrogen) atoms. The molecule has 0 spiro atoms. The van der Waals surface area contributed by atoms with Crippen molar-refractivity contribution in [3.8, 4) is 0 Å². The van der Waals surface area contributed by atoms with Crippen molar-refractivity contribution in [3.63, 3.8) is 0 Å². The Bertz CT molecular complexity index is 661. The third kappa shape index (κ3) is 4.28. The molecule has 2 N–H and O–H groups in total. The highest BCUT2D eigenvalue weighted by Gasteiger charge is 2.43. The summed E-state index contributed by atoms with van der Waals surface area (Å²) in [5.41, 5.74) is 1.13. The highest BCUT2D eigenvalue weighted by atomic mass is 32.2. The molecule has 0 atom stereocenters. The summed E-state index contributed by atoms with van der Waals surface area (Å²) < 4.78 is 2.18. The SMILES string of the molecule is CN=C(NCc1ccnn1C)NCC1(Sc2ccccc2)CC1. The maximum absolute atomic E-state index is 4.31. The molecule has 122 valence electrons. The average molecular weight is 329 g/mol. The zero-order valence-corrected chi connectivity index (χ0v) is 14.4. The van der Waals surface area contributed by atoms with Crippen LogP contribution in [0.25, 0.3) is 0 Å². The molecule has 0 saturated heterocycles. The summed E-state index contributed by atoms with van der Waals surface area (Å²) in [4.78, 5) is 5.65. The molecular weight excluding hydrogens is 306 g/mol. The van der Waals surface area contributed by atoms with Gasteiger partial charge in [-0.1, -0.05) is 18.2 Å². The predicted molar refractivity (Wildman–Crippen MR) is 95.7 cm³/mol. The van der Waals surface area contributed by atoms with Crippen molar-refractivity contribution >= 4 is 17.7 Å². The molecule has 6 heteroatoms. The summed E-state index contributed by atoms with van der Waals surface area (Å²) in [7, 11) is 3.76. The van der Waals surface area contributed by atoms with Crippen LogP contribution in [0.2, 0.25) is 0 Å². The summed E-state index contributed by atoms with van der Waals surface area (Å²) in [5.74, 6) is 0.839. The minimum Gasteiger partial charge on any atom is -0.355 e. The third-order valence-electron chi connectivity index (χ3n) is 4.05. The Morgan fingerprint density at radius 1 is 1.26 bits per heavy atom. The lowest BCUT2D eigenvalue weighted by Gasteiger charge is -2.18. The zero-order valence-electron chi connectivity index (χ0n) is 13.6. The van der Waals surface area contributed by atoms with Crippen molar-refractivity contribution in [2.24, 2.45) is 12.0 Å². The Morgan fingerprint density at radius 3 is 2.65 bits per heavy atom. The summed E-state index contributed by atoms with van der Waals surface area (Å²) in [5, 5.41) is 11.0. The van der Waals surface area contributed by atoms with E-state index >= 15 is 0 Å². The molecule has 1 aromatic heterocycles. The summed E-state index contributed by atoms with van der Waals surface area (Å²) in [6.07, 6.45) is 4.31. The Hall–Kier alpha value is -1.95. The van der Waals surface area contributed by atoms with E-state index in [4.69, 9.17) is 0 Å². The molecule has 0 amide bonds. The first kappa shape index (κ1) is 15.9. The second-order valence-electron chi connectivity index (χ2n) is 5.82. The monoisotopic (exact) mass is 329 g/mol. The van der Waals surface area contributed by atoms with Gasteiger partial charge in [0.2, 0.25) is 0 Å². The van der Waals surface area contributed by atoms with Crippen molar-refractivity contribution in [3.05, 3.63) is 48.3 Å². The van der Waals surface area contributed by atoms with E-state index in [1.807, 2.05) is 42.8 Å². The van der Waals surface area contributed by atoms with Crippen LogP contribution in [-0.4, -0.2) is 34.1 Å². The molecule has 0 radical (unpaired) electrons. The van der Waals surface area contributed by atoms with Crippen LogP contribution < -0.4 is 10.6 Å². The topological polar surface area (TPSA) is 54.2 Å². The summed E-state index contributed by atoms with van der Waals surface area (Å²) >= 11 is 1.97. The fourth-order valence-corrected chi connectivity index (χ4v) is 3.65. The van der Waals surface area contributed by atoms with Crippen molar-refractivity contribution in [2.75, 3.05) is 13.6 Å². The van der Waals surface area contributed by atoms with Crippen LogP contribution in [0.1, 0.15) is 18.5 Å². The van der Waals surface area contributed by atoms with Gasteiger partial charge in [-0.25, -0.2) is 0 Å². The average Bonchev–Trinajstić information content (AvgIpc) is 3.21. The molecule has 1 fully saturated rings. The van der Waals surface area contributed by atoms with Crippen LogP contribution in [0.3, 0.4) is 0 Å². The van der Waals surface area contributed by atoms with Gasteiger partial charge >= 0.3 is 0 Å². The van der Waals surface area contributed by atoms with Gasteiger partial charge in [0.05, 0.1) is 12.2 Å². The number of aryl methyl sites for hydroxylation is 1. The third-order valence-corrected chi connectivity index (χ3v) is 5.54. The molecule has 0 bridgehead atoms. The minimum absolute atomic E-state index is 0.311. The van der Waals surface area contributed by atoms with Crippen molar-refractivity contribution < 1.29 is 0 Å². The molecule has 1 saturated carbocycles. The highest BCUT2D eigenvalue weighted by Crippen LogP contribution is 2.51. The quantitative estimate of drug-likeness (QED) is 0.631. The molecule has 3 rings (SSSR count). The van der Waals surface area contributed by atoms with E-state index in [9.17, 15) is 0 Å². The molecule has 0 unspecified atom stereocenters. The standard InChI is InChI=1S/C17H23N5S/c1-18-16(19-12-14-8-11-21-22(14)2)20-13-17(9-10-17)23-15-6-4-3-5-7-15/h3-8,11H,9-10,12-13H2,1-2H3,(H2,18,19,20). The maximum atomic E-state index is 4.31. The number of rotatable bonds is 6. The summed E-state index contributed by atoms with van der Waals surface area (Å²) in [6.45, 7) is 1.65. The Balaban J connectivity index is 1.49. The maximum Gasteiger partial charge on any atom is 0.191 e. The van der Waals surface area contributed by atoms with E-state index in [1.54, 1.807) is 0 Å². The van der Waals surface area contributed by atoms with Gasteiger partial charge in [-0.2, -0.15) is 5.10 Å². The van der Waals surface area contributed by atoms with Crippen molar-refractivity contribution in [2.45, 2.75) is 29.0 Å². The summed E-state index contributed by atoms with van der Waals surface area (Å²) in [6, 6.07) is 12.6. The lowest BCUT2D eigenvalue weighted by atomic mass is 10.4. The number of hydrogen-bond donors (Lipinski definition) is 2. The van der Waals surface area contributed by atoms with Gasteiger partial charge in [-0.3, -0.25) is 9.67 Å². The number of hydrogen-bond acceptors (Lipinski definition) is 3. The minimum atomic E-state index is 0.311. The molecule has 0 aliphatic heterocycles. The number of guanidine groups is 1. The molecule has 1 aromatic carbocycles. The van der Waals surface area contributed by atoms with Crippen LogP contribution in [0.4, 0.5) is 0 Å². The van der Waals surface area contributed by atoms with Crippen LogP contribution >= 0.6 is 11.8 Å². The lowest BCUT2D eigenvalue weighted by Crippen LogP contribution is -2.41. The second-order valence-corrected chi connectivity index (χ2v) is 7.37. The van der Waals surface area contributed by atoms with E-state index in [2.05, 4.69) is 51.1 Å². The molecular formula is C17H23N5S. The molecule has 2 aromatic rings. The van der Waals surface area contributed by atoms with Crippen LogP contribution in [-0.2, 0) is 13.6 Å². The van der Waals surface area contributed by atoms with Gasteiger partial charge in [0.1, 0.15) is 0 Å². The number of aliphatic imine (C=N–C) groups is 1. The zero-order chi connectivity index (χ0) is 16.1. The second kappa shape index (κ2) is 7.08. The number of nitrogens with one attached hydrogen (secondary N) is 2. The largest absolute Gasteiger partial charge is 0.355 e. The van der Waals surface area contributed by atoms with E-state index in [0.717, 1.165) is 24.7 Å². The Kier molecular flexibility index (Phi) is 4.91. The van der Waals surface area contributed by atoms with Crippen molar-refractivity contribution in [1.82, 2.24) is 20.4 Å². The molecule has 1 heterocycles. The number of aromatic nitrogens is 2.